The fourth-order valence-corrected chi connectivity index (χ4v) is 3.89. The summed E-state index contributed by atoms with van der Waals surface area (Å²) in [6, 6.07) is 8.78. The summed E-state index contributed by atoms with van der Waals surface area (Å²) >= 11 is 0. The molecule has 2 rings (SSSR count). The molecule has 0 amide bonds. The van der Waals surface area contributed by atoms with Gasteiger partial charge in [0.05, 0.1) is 4.90 Å². The van der Waals surface area contributed by atoms with Gasteiger partial charge >= 0.3 is 0 Å². The molecule has 0 unspecified atom stereocenters. The summed E-state index contributed by atoms with van der Waals surface area (Å²) in [4.78, 5) is 0.417. The molecule has 0 saturated heterocycles. The molecule has 152 valence electrons. The molecular formula is C20H33N3O3S. The predicted octanol–water partition coefficient (Wildman–Crippen LogP) is 6.67. The maximum atomic E-state index is 10.3. The molecular weight excluding hydrogens is 362 g/mol. The van der Waals surface area contributed by atoms with E-state index in [9.17, 15) is 9.11 Å². The van der Waals surface area contributed by atoms with Crippen molar-refractivity contribution >= 4 is 22.3 Å². The highest BCUT2D eigenvalue weighted by molar-refractivity contribution is 8.25. The highest BCUT2D eigenvalue weighted by Gasteiger charge is 2.17. The van der Waals surface area contributed by atoms with Gasteiger partial charge in [0.2, 0.25) is 0 Å². The number of nitrogens with zero attached hydrogens (tertiary/aromatic N) is 1. The minimum atomic E-state index is -3.16. The molecule has 0 atom stereocenters. The Bertz CT molecular complexity index is 659. The van der Waals surface area contributed by atoms with E-state index in [4.69, 9.17) is 4.52 Å². The maximum absolute atomic E-state index is 10.3. The van der Waals surface area contributed by atoms with Crippen molar-refractivity contribution in [3.8, 4) is 0 Å². The first-order valence-corrected chi connectivity index (χ1v) is 11.4. The van der Waals surface area contributed by atoms with Gasteiger partial charge in [0.15, 0.2) is 5.82 Å². The molecule has 0 aliphatic rings. The van der Waals surface area contributed by atoms with E-state index in [1.165, 1.54) is 44.9 Å². The van der Waals surface area contributed by atoms with Gasteiger partial charge in [-0.2, -0.15) is 0 Å². The number of aromatic nitrogens is 1. The van der Waals surface area contributed by atoms with E-state index < -0.39 is 10.8 Å². The van der Waals surface area contributed by atoms with Gasteiger partial charge in [-0.3, -0.25) is 13.8 Å². The Morgan fingerprint density at radius 3 is 2.19 bits per heavy atom. The SMILES string of the molecule is CCCCCCCCCCNc1ccc(S(O)(O)Nc2cc(C)on2)cc1. The van der Waals surface area contributed by atoms with Crippen LogP contribution >= 0.6 is 10.8 Å². The van der Waals surface area contributed by atoms with Gasteiger partial charge in [0, 0.05) is 18.3 Å². The number of aryl methyl sites for hydroxylation is 1. The number of unbranched alkanes of at least 4 members (excludes halogenated alkanes) is 7. The molecule has 0 aliphatic carbocycles. The third-order valence-electron chi connectivity index (χ3n) is 4.42. The van der Waals surface area contributed by atoms with Crippen LogP contribution in [0.1, 0.15) is 64.1 Å². The van der Waals surface area contributed by atoms with Crippen LogP contribution in [-0.2, 0) is 0 Å². The van der Waals surface area contributed by atoms with E-state index in [2.05, 4.69) is 22.1 Å². The normalized spacial score (nSPS) is 12.1. The smallest absolute Gasteiger partial charge is 0.187 e. The minimum Gasteiger partial charge on any atom is -0.385 e. The average Bonchev–Trinajstić information content (AvgIpc) is 3.05. The highest BCUT2D eigenvalue weighted by atomic mass is 32.3. The Morgan fingerprint density at radius 1 is 0.963 bits per heavy atom. The van der Waals surface area contributed by atoms with Crippen LogP contribution in [-0.4, -0.2) is 20.8 Å². The minimum absolute atomic E-state index is 0.310. The number of rotatable bonds is 13. The summed E-state index contributed by atoms with van der Waals surface area (Å²) in [5, 5.41) is 7.12. The Kier molecular flexibility index (Phi) is 8.97. The second kappa shape index (κ2) is 11.2. The standard InChI is InChI=1S/C20H33N3O3S/c1-3-4-5-6-7-8-9-10-15-21-18-11-13-19(14-12-18)27(24,25)23-20-16-17(2)26-22-20/h11-14,16,21,24-25H,3-10,15H2,1-2H3,(H,22,23). The summed E-state index contributed by atoms with van der Waals surface area (Å²) in [6.07, 6.45) is 10.4. The van der Waals surface area contributed by atoms with Gasteiger partial charge in [-0.05, 0) is 37.6 Å². The van der Waals surface area contributed by atoms with Gasteiger partial charge in [0.1, 0.15) is 5.76 Å². The zero-order valence-electron chi connectivity index (χ0n) is 16.4. The van der Waals surface area contributed by atoms with Crippen LogP contribution in [0.3, 0.4) is 0 Å². The third kappa shape index (κ3) is 7.82. The van der Waals surface area contributed by atoms with Crippen LogP contribution in [0.15, 0.2) is 39.8 Å². The first-order valence-electron chi connectivity index (χ1n) is 9.84. The van der Waals surface area contributed by atoms with Crippen LogP contribution in [0.25, 0.3) is 0 Å². The molecule has 4 N–H and O–H groups in total. The summed E-state index contributed by atoms with van der Waals surface area (Å²) in [7, 11) is -3.16. The van der Waals surface area contributed by atoms with E-state index in [-0.39, 0.29) is 0 Å². The van der Waals surface area contributed by atoms with Crippen molar-refractivity contribution in [3.05, 3.63) is 36.1 Å². The lowest BCUT2D eigenvalue weighted by Crippen LogP contribution is -2.10. The van der Waals surface area contributed by atoms with E-state index in [1.54, 1.807) is 25.1 Å². The molecule has 0 bridgehead atoms. The highest BCUT2D eigenvalue weighted by Crippen LogP contribution is 2.47. The zero-order valence-corrected chi connectivity index (χ0v) is 17.2. The molecule has 6 nitrogen and oxygen atoms in total. The fraction of sp³-hybridized carbons (Fsp3) is 0.550. The molecule has 2 aromatic rings. The van der Waals surface area contributed by atoms with Crippen LogP contribution in [0.5, 0.6) is 0 Å². The number of nitrogens with one attached hydrogen (secondary N) is 2. The summed E-state index contributed by atoms with van der Waals surface area (Å²) in [5.74, 6) is 0.914. The van der Waals surface area contributed by atoms with Crippen molar-refractivity contribution in [2.45, 2.75) is 70.1 Å². The molecule has 1 heterocycles. The number of benzene rings is 1. The quantitative estimate of drug-likeness (QED) is 0.283. The lowest BCUT2D eigenvalue weighted by molar-refractivity contribution is 0.399. The summed E-state index contributed by atoms with van der Waals surface area (Å²) in [6.45, 7) is 4.92. The third-order valence-corrected chi connectivity index (χ3v) is 5.84. The monoisotopic (exact) mass is 395 g/mol. The van der Waals surface area contributed by atoms with Crippen LogP contribution in [0.4, 0.5) is 11.5 Å². The average molecular weight is 396 g/mol. The zero-order chi connectivity index (χ0) is 19.5. The van der Waals surface area contributed by atoms with Crippen molar-refractivity contribution in [2.24, 2.45) is 0 Å². The lowest BCUT2D eigenvalue weighted by Gasteiger charge is -2.32. The number of anilines is 2. The Balaban J connectivity index is 1.68. The predicted molar refractivity (Wildman–Crippen MR) is 114 cm³/mol. The van der Waals surface area contributed by atoms with Crippen LogP contribution in [0.2, 0.25) is 0 Å². The Labute approximate surface area is 164 Å². The molecule has 1 aromatic carbocycles. The molecule has 27 heavy (non-hydrogen) atoms. The van der Waals surface area contributed by atoms with E-state index in [0.717, 1.165) is 18.7 Å². The van der Waals surface area contributed by atoms with Gasteiger partial charge < -0.3 is 9.84 Å². The number of hydrogen-bond donors (Lipinski definition) is 4. The molecule has 0 aliphatic heterocycles. The van der Waals surface area contributed by atoms with Gasteiger partial charge in [-0.25, -0.2) is 0 Å². The molecule has 0 radical (unpaired) electrons. The van der Waals surface area contributed by atoms with E-state index in [1.807, 2.05) is 12.1 Å². The maximum Gasteiger partial charge on any atom is 0.187 e. The van der Waals surface area contributed by atoms with Crippen molar-refractivity contribution < 1.29 is 13.6 Å². The van der Waals surface area contributed by atoms with Gasteiger partial charge in [-0.1, -0.05) is 67.8 Å². The van der Waals surface area contributed by atoms with E-state index >= 15 is 0 Å². The fourth-order valence-electron chi connectivity index (χ4n) is 2.87. The van der Waals surface area contributed by atoms with Crippen molar-refractivity contribution in [1.29, 1.82) is 0 Å². The van der Waals surface area contributed by atoms with Crippen LogP contribution < -0.4 is 10.0 Å². The second-order valence-electron chi connectivity index (χ2n) is 6.90. The summed E-state index contributed by atoms with van der Waals surface area (Å²) in [5.41, 5.74) is 0.981. The first-order chi connectivity index (χ1) is 13.0. The van der Waals surface area contributed by atoms with Gasteiger partial charge in [-0.15, -0.1) is 0 Å². The second-order valence-corrected chi connectivity index (χ2v) is 8.67. The van der Waals surface area contributed by atoms with Gasteiger partial charge in [0.25, 0.3) is 0 Å². The molecule has 0 fully saturated rings. The molecule has 0 spiro atoms. The van der Waals surface area contributed by atoms with E-state index in [0.29, 0.717) is 16.5 Å². The molecule has 0 saturated carbocycles. The van der Waals surface area contributed by atoms with Crippen molar-refractivity contribution in [1.82, 2.24) is 5.16 Å². The van der Waals surface area contributed by atoms with Crippen LogP contribution in [0, 0.1) is 6.92 Å². The molecule has 7 heteroatoms. The summed E-state index contributed by atoms with van der Waals surface area (Å²) < 4.78 is 28.2. The Hall–Kier alpha value is -1.70. The first kappa shape index (κ1) is 21.6. The largest absolute Gasteiger partial charge is 0.385 e. The topological polar surface area (TPSA) is 90.5 Å². The number of hydrogen-bond acceptors (Lipinski definition) is 6. The Morgan fingerprint density at radius 2 is 1.59 bits per heavy atom. The lowest BCUT2D eigenvalue weighted by atomic mass is 10.1. The van der Waals surface area contributed by atoms with Crippen molar-refractivity contribution in [3.63, 3.8) is 0 Å². The molecule has 1 aromatic heterocycles. The van der Waals surface area contributed by atoms with Crippen molar-refractivity contribution in [2.75, 3.05) is 16.6 Å².